The molecule has 0 aromatic heterocycles. The number of benzene rings is 2. The summed E-state index contributed by atoms with van der Waals surface area (Å²) >= 11 is 0. The van der Waals surface area contributed by atoms with E-state index >= 15 is 0 Å². The average Bonchev–Trinajstić information content (AvgIpc) is 2.65. The molecule has 0 radical (unpaired) electrons. The minimum absolute atomic E-state index is 0.0732. The van der Waals surface area contributed by atoms with Crippen molar-refractivity contribution in [1.82, 2.24) is 0 Å². The first-order valence-electron chi connectivity index (χ1n) is 7.70. The molecule has 114 valence electrons. The molecule has 1 nitrogen and oxygen atoms in total. The fourth-order valence-electron chi connectivity index (χ4n) is 3.31. The lowest BCUT2D eigenvalue weighted by atomic mass is 9.83. The van der Waals surface area contributed by atoms with E-state index in [0.29, 0.717) is 18.4 Å². The molecule has 0 N–H and O–H groups in total. The molecule has 22 heavy (non-hydrogen) atoms. The molecule has 3 rings (SSSR count). The standard InChI is InChI=1S/C19H18F2O/c1-2-5-18(22)19-14-7-4-3-6-12(14)8-9-13-10-16(20)17(21)11-15(13)19/h3-4,6-7,10-11,19H,2,5,8-9H2,1H3. The number of hydrogen-bond donors (Lipinski definition) is 0. The second-order valence-electron chi connectivity index (χ2n) is 5.81. The lowest BCUT2D eigenvalue weighted by Crippen LogP contribution is -2.16. The number of carbonyl (C=O) groups excluding carboxylic acids is 1. The molecule has 2 aromatic carbocycles. The summed E-state index contributed by atoms with van der Waals surface area (Å²) in [6, 6.07) is 10.2. The van der Waals surface area contributed by atoms with Crippen molar-refractivity contribution in [3.63, 3.8) is 0 Å². The van der Waals surface area contributed by atoms with Crippen molar-refractivity contribution in [3.05, 3.63) is 70.3 Å². The van der Waals surface area contributed by atoms with Crippen LogP contribution in [0.2, 0.25) is 0 Å². The number of carbonyl (C=O) groups is 1. The van der Waals surface area contributed by atoms with Gasteiger partial charge in [0.15, 0.2) is 11.6 Å². The Hall–Kier alpha value is -2.03. The number of ketones is 1. The van der Waals surface area contributed by atoms with E-state index in [1.54, 1.807) is 0 Å². The van der Waals surface area contributed by atoms with Crippen molar-refractivity contribution < 1.29 is 13.6 Å². The third-order valence-electron chi connectivity index (χ3n) is 4.34. The number of Topliss-reactive ketones (excluding diaryl/α,β-unsaturated/α-hetero) is 1. The molecule has 0 saturated carbocycles. The maximum Gasteiger partial charge on any atom is 0.159 e. The Balaban J connectivity index is 2.21. The second kappa shape index (κ2) is 5.99. The van der Waals surface area contributed by atoms with E-state index < -0.39 is 17.6 Å². The van der Waals surface area contributed by atoms with Crippen LogP contribution < -0.4 is 0 Å². The lowest BCUT2D eigenvalue weighted by Gasteiger charge is -2.19. The van der Waals surface area contributed by atoms with Crippen LogP contribution in [-0.4, -0.2) is 5.78 Å². The fraction of sp³-hybridized carbons (Fsp3) is 0.316. The molecule has 1 aliphatic rings. The molecule has 0 saturated heterocycles. The fourth-order valence-corrected chi connectivity index (χ4v) is 3.31. The average molecular weight is 300 g/mol. The Morgan fingerprint density at radius 1 is 1.05 bits per heavy atom. The zero-order chi connectivity index (χ0) is 15.7. The normalized spacial score (nSPS) is 16.6. The zero-order valence-electron chi connectivity index (χ0n) is 12.5. The van der Waals surface area contributed by atoms with E-state index in [9.17, 15) is 13.6 Å². The molecule has 3 heteroatoms. The first-order chi connectivity index (χ1) is 10.6. The highest BCUT2D eigenvalue weighted by Crippen LogP contribution is 2.36. The Morgan fingerprint density at radius 2 is 1.73 bits per heavy atom. The summed E-state index contributed by atoms with van der Waals surface area (Å²) in [7, 11) is 0. The molecular weight excluding hydrogens is 282 g/mol. The van der Waals surface area contributed by atoms with Crippen LogP contribution in [0.3, 0.4) is 0 Å². The minimum Gasteiger partial charge on any atom is -0.299 e. The molecule has 0 heterocycles. The highest BCUT2D eigenvalue weighted by molar-refractivity contribution is 5.90. The summed E-state index contributed by atoms with van der Waals surface area (Å²) in [5.74, 6) is -2.13. The lowest BCUT2D eigenvalue weighted by molar-refractivity contribution is -0.119. The molecular formula is C19H18F2O. The van der Waals surface area contributed by atoms with Crippen LogP contribution in [0.5, 0.6) is 0 Å². The van der Waals surface area contributed by atoms with Crippen LogP contribution in [0.4, 0.5) is 8.78 Å². The second-order valence-corrected chi connectivity index (χ2v) is 5.81. The third kappa shape index (κ3) is 2.56. The smallest absolute Gasteiger partial charge is 0.159 e. The van der Waals surface area contributed by atoms with Crippen molar-refractivity contribution in [1.29, 1.82) is 0 Å². The maximum absolute atomic E-state index is 13.8. The number of halogens is 2. The van der Waals surface area contributed by atoms with Crippen LogP contribution in [0, 0.1) is 11.6 Å². The maximum atomic E-state index is 13.8. The van der Waals surface area contributed by atoms with Crippen molar-refractivity contribution in [2.75, 3.05) is 0 Å². The Morgan fingerprint density at radius 3 is 2.50 bits per heavy atom. The highest BCUT2D eigenvalue weighted by atomic mass is 19.2. The van der Waals surface area contributed by atoms with E-state index in [0.717, 1.165) is 29.5 Å². The first kappa shape index (κ1) is 14.9. The van der Waals surface area contributed by atoms with Crippen molar-refractivity contribution in [2.45, 2.75) is 38.5 Å². The largest absolute Gasteiger partial charge is 0.299 e. The van der Waals surface area contributed by atoms with Gasteiger partial charge in [0.2, 0.25) is 0 Å². The van der Waals surface area contributed by atoms with Gasteiger partial charge in [-0.05, 0) is 53.6 Å². The highest BCUT2D eigenvalue weighted by Gasteiger charge is 2.29. The Labute approximate surface area is 129 Å². The molecule has 0 bridgehead atoms. The molecule has 1 atom stereocenters. The summed E-state index contributed by atoms with van der Waals surface area (Å²) in [6.45, 7) is 1.95. The topological polar surface area (TPSA) is 17.1 Å². The van der Waals surface area contributed by atoms with Crippen LogP contribution in [0.15, 0.2) is 36.4 Å². The Kier molecular flexibility index (Phi) is 4.06. The van der Waals surface area contributed by atoms with Gasteiger partial charge in [-0.3, -0.25) is 4.79 Å². The Bertz CT molecular complexity index is 721. The molecule has 0 aliphatic heterocycles. The van der Waals surface area contributed by atoms with Gasteiger partial charge in [0.25, 0.3) is 0 Å². The van der Waals surface area contributed by atoms with E-state index in [2.05, 4.69) is 0 Å². The van der Waals surface area contributed by atoms with Crippen molar-refractivity contribution in [3.8, 4) is 0 Å². The van der Waals surface area contributed by atoms with E-state index in [1.807, 2.05) is 31.2 Å². The van der Waals surface area contributed by atoms with E-state index in [1.165, 1.54) is 12.1 Å². The predicted molar refractivity (Wildman–Crippen MR) is 82.0 cm³/mol. The van der Waals surface area contributed by atoms with Gasteiger partial charge in [-0.25, -0.2) is 8.78 Å². The van der Waals surface area contributed by atoms with Gasteiger partial charge >= 0.3 is 0 Å². The SMILES string of the molecule is CCCC(=O)C1c2ccccc2CCc2cc(F)c(F)cc21. The molecule has 0 spiro atoms. The summed E-state index contributed by atoms with van der Waals surface area (Å²) in [4.78, 5) is 12.7. The van der Waals surface area contributed by atoms with Crippen molar-refractivity contribution in [2.24, 2.45) is 0 Å². The summed E-state index contributed by atoms with van der Waals surface area (Å²) < 4.78 is 27.3. The number of hydrogen-bond acceptors (Lipinski definition) is 1. The van der Waals surface area contributed by atoms with Crippen molar-refractivity contribution >= 4 is 5.78 Å². The number of fused-ring (bicyclic) bond motifs is 2. The molecule has 1 aliphatic carbocycles. The quantitative estimate of drug-likeness (QED) is 0.812. The van der Waals surface area contributed by atoms with Gasteiger partial charge in [-0.15, -0.1) is 0 Å². The molecule has 2 aromatic rings. The summed E-state index contributed by atoms with van der Waals surface area (Å²) in [5.41, 5.74) is 3.39. The molecule has 0 amide bonds. The van der Waals surface area contributed by atoms with Gasteiger partial charge in [0.05, 0.1) is 5.92 Å². The van der Waals surface area contributed by atoms with Gasteiger partial charge in [-0.2, -0.15) is 0 Å². The predicted octanol–water partition coefficient (Wildman–Crippen LogP) is 4.56. The zero-order valence-corrected chi connectivity index (χ0v) is 12.5. The van der Waals surface area contributed by atoms with Crippen LogP contribution in [-0.2, 0) is 17.6 Å². The molecule has 1 unspecified atom stereocenters. The number of rotatable bonds is 3. The van der Waals surface area contributed by atoms with Gasteiger partial charge in [0, 0.05) is 6.42 Å². The van der Waals surface area contributed by atoms with Crippen LogP contribution in [0.25, 0.3) is 0 Å². The third-order valence-corrected chi connectivity index (χ3v) is 4.34. The van der Waals surface area contributed by atoms with Crippen LogP contribution in [0.1, 0.15) is 47.9 Å². The molecule has 0 fully saturated rings. The van der Waals surface area contributed by atoms with E-state index in [-0.39, 0.29) is 5.78 Å². The first-order valence-corrected chi connectivity index (χ1v) is 7.70. The van der Waals surface area contributed by atoms with Gasteiger partial charge < -0.3 is 0 Å². The number of aryl methyl sites for hydroxylation is 2. The van der Waals surface area contributed by atoms with Gasteiger partial charge in [0.1, 0.15) is 5.78 Å². The summed E-state index contributed by atoms with van der Waals surface area (Å²) in [6.07, 6.45) is 2.55. The summed E-state index contributed by atoms with van der Waals surface area (Å²) in [5, 5.41) is 0. The van der Waals surface area contributed by atoms with Gasteiger partial charge in [-0.1, -0.05) is 31.2 Å². The van der Waals surface area contributed by atoms with Crippen LogP contribution >= 0.6 is 0 Å². The van der Waals surface area contributed by atoms with E-state index in [4.69, 9.17) is 0 Å². The minimum atomic E-state index is -0.882. The monoisotopic (exact) mass is 300 g/mol.